The standard InChI is InChI=1S/C17H20N2O4/c1-4-23-14-7-5-12(6-8-14)18-17(20)19-13-9-15(21-2)11-16(10-13)22-3/h5-11H,4H2,1-3H3,(H2,18,19,20). The van der Waals surface area contributed by atoms with Gasteiger partial charge in [0.2, 0.25) is 0 Å². The molecule has 0 radical (unpaired) electrons. The van der Waals surface area contributed by atoms with Crippen LogP contribution in [0.3, 0.4) is 0 Å². The number of hydrogen-bond donors (Lipinski definition) is 2. The van der Waals surface area contributed by atoms with Crippen LogP contribution in [0.4, 0.5) is 16.2 Å². The number of carbonyl (C=O) groups excluding carboxylic acids is 1. The fourth-order valence-electron chi connectivity index (χ4n) is 1.97. The highest BCUT2D eigenvalue weighted by Gasteiger charge is 2.06. The SMILES string of the molecule is CCOc1ccc(NC(=O)Nc2cc(OC)cc(OC)c2)cc1. The van der Waals surface area contributed by atoms with Crippen LogP contribution >= 0.6 is 0 Å². The Balaban J connectivity index is 2.01. The van der Waals surface area contributed by atoms with Crippen LogP contribution < -0.4 is 24.8 Å². The smallest absolute Gasteiger partial charge is 0.323 e. The lowest BCUT2D eigenvalue weighted by molar-refractivity contribution is 0.262. The van der Waals surface area contributed by atoms with Crippen LogP contribution in [-0.4, -0.2) is 26.9 Å². The Morgan fingerprint density at radius 3 is 1.96 bits per heavy atom. The van der Waals surface area contributed by atoms with E-state index in [4.69, 9.17) is 14.2 Å². The van der Waals surface area contributed by atoms with E-state index in [9.17, 15) is 4.79 Å². The molecule has 2 amide bonds. The van der Waals surface area contributed by atoms with Gasteiger partial charge >= 0.3 is 6.03 Å². The molecule has 122 valence electrons. The molecular formula is C17H20N2O4. The average molecular weight is 316 g/mol. The number of amides is 2. The fraction of sp³-hybridized carbons (Fsp3) is 0.235. The van der Waals surface area contributed by atoms with Crippen molar-refractivity contribution in [1.82, 2.24) is 0 Å². The van der Waals surface area contributed by atoms with E-state index in [1.807, 2.05) is 6.92 Å². The lowest BCUT2D eigenvalue weighted by Gasteiger charge is -2.11. The highest BCUT2D eigenvalue weighted by atomic mass is 16.5. The number of rotatable bonds is 6. The van der Waals surface area contributed by atoms with Crippen LogP contribution in [-0.2, 0) is 0 Å². The number of benzene rings is 2. The summed E-state index contributed by atoms with van der Waals surface area (Å²) in [6, 6.07) is 11.9. The number of methoxy groups -OCH3 is 2. The van der Waals surface area contributed by atoms with Gasteiger partial charge in [0, 0.05) is 29.6 Å². The van der Waals surface area contributed by atoms with Crippen molar-refractivity contribution < 1.29 is 19.0 Å². The van der Waals surface area contributed by atoms with Gasteiger partial charge in [-0.3, -0.25) is 0 Å². The molecule has 2 rings (SSSR count). The van der Waals surface area contributed by atoms with E-state index in [1.54, 1.807) is 56.7 Å². The highest BCUT2D eigenvalue weighted by molar-refractivity contribution is 6.00. The second-order valence-electron chi connectivity index (χ2n) is 4.64. The number of carbonyl (C=O) groups is 1. The quantitative estimate of drug-likeness (QED) is 0.851. The highest BCUT2D eigenvalue weighted by Crippen LogP contribution is 2.26. The Labute approximate surface area is 135 Å². The van der Waals surface area contributed by atoms with Gasteiger partial charge < -0.3 is 24.8 Å². The summed E-state index contributed by atoms with van der Waals surface area (Å²) in [7, 11) is 3.11. The fourth-order valence-corrected chi connectivity index (χ4v) is 1.97. The van der Waals surface area contributed by atoms with Crippen LogP contribution in [0.25, 0.3) is 0 Å². The molecule has 2 N–H and O–H groups in total. The number of hydrogen-bond acceptors (Lipinski definition) is 4. The minimum absolute atomic E-state index is 0.357. The maximum absolute atomic E-state index is 12.1. The molecule has 2 aromatic rings. The molecular weight excluding hydrogens is 296 g/mol. The molecule has 0 bridgehead atoms. The Hall–Kier alpha value is -2.89. The topological polar surface area (TPSA) is 68.8 Å². The van der Waals surface area contributed by atoms with Gasteiger partial charge in [-0.2, -0.15) is 0 Å². The van der Waals surface area contributed by atoms with E-state index in [0.29, 0.717) is 29.5 Å². The Morgan fingerprint density at radius 1 is 0.870 bits per heavy atom. The van der Waals surface area contributed by atoms with Crippen LogP contribution in [0.5, 0.6) is 17.2 Å². The molecule has 0 fully saturated rings. The van der Waals surface area contributed by atoms with E-state index >= 15 is 0 Å². The Morgan fingerprint density at radius 2 is 1.43 bits per heavy atom. The molecule has 0 atom stereocenters. The van der Waals surface area contributed by atoms with Crippen molar-refractivity contribution >= 4 is 17.4 Å². The van der Waals surface area contributed by atoms with Crippen molar-refractivity contribution in [1.29, 1.82) is 0 Å². The second-order valence-corrected chi connectivity index (χ2v) is 4.64. The third-order valence-electron chi connectivity index (χ3n) is 3.03. The van der Waals surface area contributed by atoms with Crippen molar-refractivity contribution in [2.75, 3.05) is 31.5 Å². The first-order valence-electron chi connectivity index (χ1n) is 7.18. The molecule has 6 heteroatoms. The lowest BCUT2D eigenvalue weighted by atomic mass is 10.2. The van der Waals surface area contributed by atoms with E-state index in [1.165, 1.54) is 0 Å². The Kier molecular flexibility index (Phi) is 5.68. The molecule has 0 aromatic heterocycles. The number of nitrogens with one attached hydrogen (secondary N) is 2. The summed E-state index contributed by atoms with van der Waals surface area (Å²) in [5.74, 6) is 1.96. The molecule has 0 aliphatic carbocycles. The van der Waals surface area contributed by atoms with Crippen molar-refractivity contribution in [3.8, 4) is 17.2 Å². The zero-order chi connectivity index (χ0) is 16.7. The van der Waals surface area contributed by atoms with Gasteiger partial charge in [-0.1, -0.05) is 0 Å². The molecule has 6 nitrogen and oxygen atoms in total. The summed E-state index contributed by atoms with van der Waals surface area (Å²) in [4.78, 5) is 12.1. The van der Waals surface area contributed by atoms with E-state index in [0.717, 1.165) is 5.75 Å². The van der Waals surface area contributed by atoms with Gasteiger partial charge in [0.25, 0.3) is 0 Å². The molecule has 0 saturated carbocycles. The van der Waals surface area contributed by atoms with E-state index in [2.05, 4.69) is 10.6 Å². The third-order valence-corrected chi connectivity index (χ3v) is 3.03. The molecule has 0 unspecified atom stereocenters. The normalized spacial score (nSPS) is 9.87. The van der Waals surface area contributed by atoms with Gasteiger partial charge in [0.05, 0.1) is 20.8 Å². The van der Waals surface area contributed by atoms with Gasteiger partial charge in [0.15, 0.2) is 0 Å². The van der Waals surface area contributed by atoms with Gasteiger partial charge in [-0.15, -0.1) is 0 Å². The summed E-state index contributed by atoms with van der Waals surface area (Å²) in [6.45, 7) is 2.52. The first-order chi connectivity index (χ1) is 11.1. The average Bonchev–Trinajstić information content (AvgIpc) is 2.56. The maximum atomic E-state index is 12.1. The first-order valence-corrected chi connectivity index (χ1v) is 7.18. The molecule has 0 spiro atoms. The molecule has 23 heavy (non-hydrogen) atoms. The van der Waals surface area contributed by atoms with Crippen molar-refractivity contribution in [2.24, 2.45) is 0 Å². The summed E-state index contributed by atoms with van der Waals surface area (Å²) < 4.78 is 15.7. The van der Waals surface area contributed by atoms with Crippen LogP contribution in [0.1, 0.15) is 6.92 Å². The van der Waals surface area contributed by atoms with E-state index in [-0.39, 0.29) is 6.03 Å². The summed E-state index contributed by atoms with van der Waals surface area (Å²) in [5.41, 5.74) is 1.24. The monoisotopic (exact) mass is 316 g/mol. The van der Waals surface area contributed by atoms with Crippen LogP contribution in [0.2, 0.25) is 0 Å². The van der Waals surface area contributed by atoms with Crippen LogP contribution in [0.15, 0.2) is 42.5 Å². The predicted octanol–water partition coefficient (Wildman–Crippen LogP) is 3.75. The minimum atomic E-state index is -0.357. The van der Waals surface area contributed by atoms with E-state index < -0.39 is 0 Å². The van der Waals surface area contributed by atoms with Gasteiger partial charge in [0.1, 0.15) is 17.2 Å². The molecule has 0 saturated heterocycles. The molecule has 2 aromatic carbocycles. The third kappa shape index (κ3) is 4.81. The van der Waals surface area contributed by atoms with Crippen molar-refractivity contribution in [3.05, 3.63) is 42.5 Å². The summed E-state index contributed by atoms with van der Waals surface area (Å²) >= 11 is 0. The van der Waals surface area contributed by atoms with Gasteiger partial charge in [-0.25, -0.2) is 4.79 Å². The zero-order valence-electron chi connectivity index (χ0n) is 13.4. The maximum Gasteiger partial charge on any atom is 0.323 e. The first kappa shape index (κ1) is 16.5. The largest absolute Gasteiger partial charge is 0.497 e. The molecule has 0 aliphatic rings. The zero-order valence-corrected chi connectivity index (χ0v) is 13.4. The second kappa shape index (κ2) is 7.93. The van der Waals surface area contributed by atoms with Crippen molar-refractivity contribution in [2.45, 2.75) is 6.92 Å². The predicted molar refractivity (Wildman–Crippen MR) is 89.8 cm³/mol. The van der Waals surface area contributed by atoms with Gasteiger partial charge in [-0.05, 0) is 31.2 Å². The van der Waals surface area contributed by atoms with Crippen LogP contribution in [0, 0.1) is 0 Å². The summed E-state index contributed by atoms with van der Waals surface area (Å²) in [6.07, 6.45) is 0. The minimum Gasteiger partial charge on any atom is -0.497 e. The number of urea groups is 1. The Bertz CT molecular complexity index is 634. The summed E-state index contributed by atoms with van der Waals surface area (Å²) in [5, 5.41) is 5.49. The number of anilines is 2. The lowest BCUT2D eigenvalue weighted by Crippen LogP contribution is -2.19. The molecule has 0 heterocycles. The number of ether oxygens (including phenoxy) is 3. The molecule has 0 aliphatic heterocycles. The van der Waals surface area contributed by atoms with Crippen molar-refractivity contribution in [3.63, 3.8) is 0 Å².